The Hall–Kier alpha value is -1.89. The van der Waals surface area contributed by atoms with Crippen molar-refractivity contribution in [3.8, 4) is 0 Å². The Balaban J connectivity index is 1.47. The zero-order valence-corrected chi connectivity index (χ0v) is 15.5. The SMILES string of the molecule is CN1CC2(C)CN(C(=O)C3CC(=O)N(c4cnn(C)c4)C3)CC2(C)C1. The number of rotatable bonds is 2. The van der Waals surface area contributed by atoms with Gasteiger partial charge in [0, 0.05) is 63.2 Å². The van der Waals surface area contributed by atoms with Gasteiger partial charge < -0.3 is 14.7 Å². The molecule has 3 aliphatic rings. The Morgan fingerprint density at radius 2 is 1.80 bits per heavy atom. The fourth-order valence-corrected chi connectivity index (χ4v) is 5.09. The molecule has 1 aromatic rings. The number of hydrogen-bond donors (Lipinski definition) is 0. The molecule has 4 rings (SSSR count). The fraction of sp³-hybridized carbons (Fsp3) is 0.722. The summed E-state index contributed by atoms with van der Waals surface area (Å²) in [5.74, 6) is -0.0846. The minimum absolute atomic E-state index is 0.0166. The highest BCUT2D eigenvalue weighted by Gasteiger charge is 2.58. The van der Waals surface area contributed by atoms with Crippen LogP contribution in [0.25, 0.3) is 0 Å². The van der Waals surface area contributed by atoms with Gasteiger partial charge in [0.25, 0.3) is 0 Å². The molecule has 0 aliphatic carbocycles. The minimum atomic E-state index is -0.239. The predicted octanol–water partition coefficient (Wildman–Crippen LogP) is 0.573. The number of anilines is 1. The number of aryl methyl sites for hydroxylation is 1. The second-order valence-electron chi connectivity index (χ2n) is 8.77. The molecule has 3 unspecified atom stereocenters. The molecule has 136 valence electrons. The van der Waals surface area contributed by atoms with Gasteiger partial charge in [0.2, 0.25) is 11.8 Å². The van der Waals surface area contributed by atoms with E-state index in [0.29, 0.717) is 13.0 Å². The molecule has 3 saturated heterocycles. The largest absolute Gasteiger partial charge is 0.341 e. The Morgan fingerprint density at radius 1 is 1.16 bits per heavy atom. The van der Waals surface area contributed by atoms with Gasteiger partial charge >= 0.3 is 0 Å². The Morgan fingerprint density at radius 3 is 2.36 bits per heavy atom. The molecular weight excluding hydrogens is 318 g/mol. The van der Waals surface area contributed by atoms with Crippen molar-refractivity contribution in [2.45, 2.75) is 20.3 Å². The summed E-state index contributed by atoms with van der Waals surface area (Å²) < 4.78 is 1.68. The van der Waals surface area contributed by atoms with Crippen LogP contribution in [0, 0.1) is 16.7 Å². The van der Waals surface area contributed by atoms with Gasteiger partial charge in [0.15, 0.2) is 0 Å². The maximum absolute atomic E-state index is 13.1. The fourth-order valence-electron chi connectivity index (χ4n) is 5.09. The third-order valence-electron chi connectivity index (χ3n) is 6.56. The predicted molar refractivity (Wildman–Crippen MR) is 94.0 cm³/mol. The van der Waals surface area contributed by atoms with Crippen LogP contribution in [-0.4, -0.2) is 71.2 Å². The number of carbonyl (C=O) groups is 2. The van der Waals surface area contributed by atoms with E-state index in [0.717, 1.165) is 31.9 Å². The lowest BCUT2D eigenvalue weighted by Gasteiger charge is -2.30. The maximum atomic E-state index is 13.1. The van der Waals surface area contributed by atoms with Crippen LogP contribution in [0.1, 0.15) is 20.3 Å². The average Bonchev–Trinajstić information content (AvgIpc) is 3.19. The number of nitrogens with zero attached hydrogens (tertiary/aromatic N) is 5. The van der Waals surface area contributed by atoms with Crippen LogP contribution in [-0.2, 0) is 16.6 Å². The number of fused-ring (bicyclic) bond motifs is 1. The molecule has 0 saturated carbocycles. The molecule has 0 N–H and O–H groups in total. The Kier molecular flexibility index (Phi) is 3.51. The van der Waals surface area contributed by atoms with Gasteiger partial charge in [-0.1, -0.05) is 13.8 Å². The molecule has 7 nitrogen and oxygen atoms in total. The number of hydrogen-bond acceptors (Lipinski definition) is 4. The van der Waals surface area contributed by atoms with Crippen molar-refractivity contribution in [2.24, 2.45) is 23.8 Å². The number of aromatic nitrogens is 2. The number of carbonyl (C=O) groups excluding carboxylic acids is 2. The van der Waals surface area contributed by atoms with Crippen LogP contribution < -0.4 is 4.90 Å². The first kappa shape index (κ1) is 16.6. The van der Waals surface area contributed by atoms with Crippen molar-refractivity contribution in [3.05, 3.63) is 12.4 Å². The molecule has 0 spiro atoms. The zero-order chi connectivity index (χ0) is 18.0. The van der Waals surface area contributed by atoms with Crippen LogP contribution in [0.5, 0.6) is 0 Å². The van der Waals surface area contributed by atoms with Crippen LogP contribution in [0.2, 0.25) is 0 Å². The average molecular weight is 345 g/mol. The number of likely N-dealkylation sites (tertiary alicyclic amines) is 2. The van der Waals surface area contributed by atoms with E-state index in [1.807, 2.05) is 18.1 Å². The molecule has 0 aromatic carbocycles. The summed E-state index contributed by atoms with van der Waals surface area (Å²) in [5, 5.41) is 4.13. The molecule has 2 amide bonds. The topological polar surface area (TPSA) is 61.7 Å². The van der Waals surface area contributed by atoms with E-state index >= 15 is 0 Å². The second-order valence-corrected chi connectivity index (χ2v) is 8.77. The lowest BCUT2D eigenvalue weighted by Crippen LogP contribution is -2.39. The maximum Gasteiger partial charge on any atom is 0.228 e. The molecule has 3 aliphatic heterocycles. The van der Waals surface area contributed by atoms with E-state index in [2.05, 4.69) is 30.9 Å². The van der Waals surface area contributed by atoms with E-state index in [4.69, 9.17) is 0 Å². The highest BCUT2D eigenvalue weighted by molar-refractivity contribution is 6.00. The normalized spacial score (nSPS) is 35.7. The van der Waals surface area contributed by atoms with Crippen molar-refractivity contribution in [1.82, 2.24) is 19.6 Å². The smallest absolute Gasteiger partial charge is 0.228 e. The number of amides is 2. The van der Waals surface area contributed by atoms with Crippen LogP contribution in [0.3, 0.4) is 0 Å². The van der Waals surface area contributed by atoms with Crippen LogP contribution in [0.15, 0.2) is 12.4 Å². The standard InChI is InChI=1S/C18H27N5O2/c1-17-9-20(3)10-18(17,2)12-22(11-17)16(25)13-5-15(24)23(7-13)14-6-19-21(4)8-14/h6,8,13H,5,7,9-12H2,1-4H3. The first-order valence-electron chi connectivity index (χ1n) is 8.97. The van der Waals surface area contributed by atoms with E-state index in [-0.39, 0.29) is 28.6 Å². The van der Waals surface area contributed by atoms with E-state index in [1.165, 1.54) is 0 Å². The summed E-state index contributed by atoms with van der Waals surface area (Å²) in [5.41, 5.74) is 1.06. The third kappa shape index (κ3) is 2.47. The lowest BCUT2D eigenvalue weighted by molar-refractivity contribution is -0.135. The molecule has 3 atom stereocenters. The molecule has 3 fully saturated rings. The van der Waals surface area contributed by atoms with Gasteiger partial charge in [0.05, 0.1) is 17.8 Å². The molecule has 0 bridgehead atoms. The van der Waals surface area contributed by atoms with Crippen molar-refractivity contribution in [3.63, 3.8) is 0 Å². The van der Waals surface area contributed by atoms with E-state index in [1.54, 1.807) is 15.8 Å². The van der Waals surface area contributed by atoms with Crippen LogP contribution in [0.4, 0.5) is 5.69 Å². The van der Waals surface area contributed by atoms with Gasteiger partial charge in [-0.15, -0.1) is 0 Å². The van der Waals surface area contributed by atoms with Gasteiger partial charge in [-0.25, -0.2) is 0 Å². The van der Waals surface area contributed by atoms with Gasteiger partial charge in [-0.3, -0.25) is 14.3 Å². The zero-order valence-electron chi connectivity index (χ0n) is 15.5. The highest BCUT2D eigenvalue weighted by Crippen LogP contribution is 2.51. The molecule has 7 heteroatoms. The van der Waals surface area contributed by atoms with E-state index < -0.39 is 0 Å². The lowest BCUT2D eigenvalue weighted by atomic mass is 9.71. The van der Waals surface area contributed by atoms with E-state index in [9.17, 15) is 9.59 Å². The molecular formula is C18H27N5O2. The first-order chi connectivity index (χ1) is 11.7. The van der Waals surface area contributed by atoms with Crippen molar-refractivity contribution >= 4 is 17.5 Å². The molecule has 1 aromatic heterocycles. The Bertz CT molecular complexity index is 711. The van der Waals surface area contributed by atoms with Crippen molar-refractivity contribution in [1.29, 1.82) is 0 Å². The van der Waals surface area contributed by atoms with Gasteiger partial charge in [0.1, 0.15) is 0 Å². The third-order valence-corrected chi connectivity index (χ3v) is 6.56. The minimum Gasteiger partial charge on any atom is -0.341 e. The van der Waals surface area contributed by atoms with Crippen LogP contribution >= 0.6 is 0 Å². The summed E-state index contributed by atoms with van der Waals surface area (Å²) in [6.07, 6.45) is 3.81. The first-order valence-corrected chi connectivity index (χ1v) is 8.97. The summed E-state index contributed by atoms with van der Waals surface area (Å²) in [6.45, 7) is 8.70. The van der Waals surface area contributed by atoms with Crippen molar-refractivity contribution < 1.29 is 9.59 Å². The van der Waals surface area contributed by atoms with Gasteiger partial charge in [-0.2, -0.15) is 5.10 Å². The quantitative estimate of drug-likeness (QED) is 0.786. The molecule has 0 radical (unpaired) electrons. The summed E-state index contributed by atoms with van der Waals surface area (Å²) in [7, 11) is 3.98. The summed E-state index contributed by atoms with van der Waals surface area (Å²) in [6, 6.07) is 0. The summed E-state index contributed by atoms with van der Waals surface area (Å²) >= 11 is 0. The monoisotopic (exact) mass is 345 g/mol. The van der Waals surface area contributed by atoms with Gasteiger partial charge in [-0.05, 0) is 7.05 Å². The molecule has 25 heavy (non-hydrogen) atoms. The Labute approximate surface area is 148 Å². The van der Waals surface area contributed by atoms with Crippen molar-refractivity contribution in [2.75, 3.05) is 44.7 Å². The summed E-state index contributed by atoms with van der Waals surface area (Å²) in [4.78, 5) is 31.6. The second kappa shape index (κ2) is 5.30. The molecule has 4 heterocycles. The highest BCUT2D eigenvalue weighted by atomic mass is 16.2.